The van der Waals surface area contributed by atoms with Crippen LogP contribution >= 0.6 is 15.9 Å². The fourth-order valence-electron chi connectivity index (χ4n) is 1.81. The highest BCUT2D eigenvalue weighted by atomic mass is 79.9. The summed E-state index contributed by atoms with van der Waals surface area (Å²) in [6, 6.07) is 11.1. The van der Waals surface area contributed by atoms with Crippen molar-refractivity contribution in [3.05, 3.63) is 69.7 Å². The van der Waals surface area contributed by atoms with E-state index in [1.165, 1.54) is 29.9 Å². The van der Waals surface area contributed by atoms with E-state index in [4.69, 9.17) is 5.21 Å². The zero-order chi connectivity index (χ0) is 18.2. The third-order valence-corrected chi connectivity index (χ3v) is 3.78. The summed E-state index contributed by atoms with van der Waals surface area (Å²) in [5, 5.41) is 21.7. The van der Waals surface area contributed by atoms with Crippen molar-refractivity contribution in [3.63, 3.8) is 0 Å². The van der Waals surface area contributed by atoms with Crippen LogP contribution in [0.2, 0.25) is 0 Å². The van der Waals surface area contributed by atoms with Gasteiger partial charge in [-0.2, -0.15) is 5.10 Å². The maximum atomic E-state index is 12.0. The Morgan fingerprint density at radius 3 is 2.52 bits per heavy atom. The van der Waals surface area contributed by atoms with Gasteiger partial charge < -0.3 is 5.11 Å². The number of aromatic hydroxyl groups is 1. The van der Waals surface area contributed by atoms with E-state index in [1.54, 1.807) is 30.3 Å². The van der Waals surface area contributed by atoms with Crippen LogP contribution in [0.15, 0.2) is 58.1 Å². The van der Waals surface area contributed by atoms with Crippen molar-refractivity contribution in [1.29, 1.82) is 0 Å². The number of rotatable bonds is 5. The van der Waals surface area contributed by atoms with Crippen molar-refractivity contribution in [2.75, 3.05) is 0 Å². The van der Waals surface area contributed by atoms with Crippen LogP contribution in [0.25, 0.3) is 6.08 Å². The number of hydrogen-bond donors (Lipinski definition) is 4. The summed E-state index contributed by atoms with van der Waals surface area (Å²) in [5.74, 6) is -0.958. The van der Waals surface area contributed by atoms with Crippen molar-refractivity contribution in [2.45, 2.75) is 0 Å². The van der Waals surface area contributed by atoms with E-state index in [2.05, 4.69) is 26.5 Å². The number of carbonyl (C=O) groups is 2. The average molecular weight is 404 g/mol. The molecule has 0 radical (unpaired) electrons. The van der Waals surface area contributed by atoms with Gasteiger partial charge in [0.05, 0.1) is 6.21 Å². The van der Waals surface area contributed by atoms with Gasteiger partial charge in [-0.05, 0) is 42.0 Å². The van der Waals surface area contributed by atoms with Crippen LogP contribution in [0, 0.1) is 0 Å². The predicted molar refractivity (Wildman–Crippen MR) is 96.3 cm³/mol. The second-order valence-electron chi connectivity index (χ2n) is 4.84. The van der Waals surface area contributed by atoms with Gasteiger partial charge in [0, 0.05) is 21.7 Å². The molecule has 0 bridgehead atoms. The lowest BCUT2D eigenvalue weighted by Crippen LogP contribution is -2.17. The maximum Gasteiger partial charge on any atom is 0.271 e. The summed E-state index contributed by atoms with van der Waals surface area (Å²) in [5.41, 5.74) is 5.56. The van der Waals surface area contributed by atoms with Crippen molar-refractivity contribution < 1.29 is 19.9 Å². The van der Waals surface area contributed by atoms with E-state index in [0.717, 1.165) is 10.5 Å². The summed E-state index contributed by atoms with van der Waals surface area (Å²) in [6.07, 6.45) is 4.06. The average Bonchev–Trinajstić information content (AvgIpc) is 2.62. The monoisotopic (exact) mass is 403 g/mol. The van der Waals surface area contributed by atoms with Gasteiger partial charge in [0.1, 0.15) is 5.75 Å². The van der Waals surface area contributed by atoms with E-state index in [9.17, 15) is 14.7 Å². The van der Waals surface area contributed by atoms with E-state index in [-0.39, 0.29) is 5.75 Å². The Labute approximate surface area is 151 Å². The van der Waals surface area contributed by atoms with E-state index in [0.29, 0.717) is 16.7 Å². The van der Waals surface area contributed by atoms with Gasteiger partial charge in [-0.3, -0.25) is 14.8 Å². The number of phenols is 1. The molecule has 8 heteroatoms. The number of halogens is 1. The fraction of sp³-hybridized carbons (Fsp3) is 0. The lowest BCUT2D eigenvalue weighted by Gasteiger charge is -2.02. The zero-order valence-electron chi connectivity index (χ0n) is 12.8. The highest BCUT2D eigenvalue weighted by Gasteiger charge is 2.04. The molecular formula is C17H14BrN3O4. The minimum absolute atomic E-state index is 0.0921. The molecule has 0 fully saturated rings. The molecule has 2 aromatic rings. The van der Waals surface area contributed by atoms with Crippen LogP contribution in [-0.2, 0) is 4.79 Å². The van der Waals surface area contributed by atoms with Crippen LogP contribution in [0.5, 0.6) is 5.75 Å². The SMILES string of the molecule is O=C(C=Cc1ccc(C(=O)NN=Cc2cc(O)ccc2Br)cc1)NO. The number of nitrogens with zero attached hydrogens (tertiary/aromatic N) is 1. The minimum atomic E-state index is -0.644. The zero-order valence-corrected chi connectivity index (χ0v) is 14.4. The van der Waals surface area contributed by atoms with Crippen LogP contribution in [-0.4, -0.2) is 28.3 Å². The Morgan fingerprint density at radius 2 is 1.84 bits per heavy atom. The minimum Gasteiger partial charge on any atom is -0.508 e. The molecule has 0 aliphatic carbocycles. The van der Waals surface area contributed by atoms with Gasteiger partial charge >= 0.3 is 0 Å². The normalized spacial score (nSPS) is 11.0. The van der Waals surface area contributed by atoms with Gasteiger partial charge in [0.15, 0.2) is 0 Å². The molecule has 0 aliphatic rings. The van der Waals surface area contributed by atoms with Gasteiger partial charge in [0.25, 0.3) is 11.8 Å². The fourth-order valence-corrected chi connectivity index (χ4v) is 2.16. The Kier molecular flexibility index (Phi) is 6.44. The summed E-state index contributed by atoms with van der Waals surface area (Å²) in [4.78, 5) is 22.9. The Morgan fingerprint density at radius 1 is 1.12 bits per heavy atom. The molecule has 2 rings (SSSR count). The number of benzene rings is 2. The summed E-state index contributed by atoms with van der Waals surface area (Å²) >= 11 is 3.31. The first-order valence-electron chi connectivity index (χ1n) is 7.04. The number of hydrogen-bond acceptors (Lipinski definition) is 5. The Balaban J connectivity index is 1.99. The number of amides is 2. The lowest BCUT2D eigenvalue weighted by molar-refractivity contribution is -0.124. The van der Waals surface area contributed by atoms with E-state index < -0.39 is 11.8 Å². The van der Waals surface area contributed by atoms with Crippen molar-refractivity contribution in [1.82, 2.24) is 10.9 Å². The maximum absolute atomic E-state index is 12.0. The Hall–Kier alpha value is -2.97. The molecule has 0 spiro atoms. The first-order valence-corrected chi connectivity index (χ1v) is 7.83. The summed E-state index contributed by atoms with van der Waals surface area (Å²) < 4.78 is 0.728. The smallest absolute Gasteiger partial charge is 0.271 e. The molecule has 0 heterocycles. The molecule has 0 unspecified atom stereocenters. The molecule has 7 nitrogen and oxygen atoms in total. The third-order valence-electron chi connectivity index (χ3n) is 3.06. The molecule has 0 saturated carbocycles. The number of carbonyl (C=O) groups excluding carboxylic acids is 2. The molecule has 4 N–H and O–H groups in total. The third kappa shape index (κ3) is 5.55. The second-order valence-corrected chi connectivity index (χ2v) is 5.69. The van der Waals surface area contributed by atoms with Crippen LogP contribution in [0.4, 0.5) is 0 Å². The summed E-state index contributed by atoms with van der Waals surface area (Å²) in [7, 11) is 0. The molecule has 0 saturated heterocycles. The van der Waals surface area contributed by atoms with Gasteiger partial charge in [-0.25, -0.2) is 10.9 Å². The van der Waals surface area contributed by atoms with Crippen molar-refractivity contribution in [3.8, 4) is 5.75 Å². The molecule has 25 heavy (non-hydrogen) atoms. The summed E-state index contributed by atoms with van der Waals surface area (Å²) in [6.45, 7) is 0. The van der Waals surface area contributed by atoms with Crippen LogP contribution < -0.4 is 10.9 Å². The highest BCUT2D eigenvalue weighted by molar-refractivity contribution is 9.10. The van der Waals surface area contributed by atoms with Crippen molar-refractivity contribution >= 4 is 40.0 Å². The van der Waals surface area contributed by atoms with E-state index >= 15 is 0 Å². The molecular weight excluding hydrogens is 390 g/mol. The second kappa shape index (κ2) is 8.76. The quantitative estimate of drug-likeness (QED) is 0.266. The number of nitrogens with one attached hydrogen (secondary N) is 2. The standard InChI is InChI=1S/C17H14BrN3O4/c18-15-7-6-14(22)9-13(15)10-19-20-17(24)12-4-1-11(2-5-12)3-8-16(23)21-25/h1-10,22,25H,(H,20,24)(H,21,23). The molecule has 0 aromatic heterocycles. The molecule has 2 aromatic carbocycles. The number of phenolic OH excluding ortho intramolecular Hbond substituents is 1. The van der Waals surface area contributed by atoms with Gasteiger partial charge in [-0.15, -0.1) is 0 Å². The van der Waals surface area contributed by atoms with Gasteiger partial charge in [-0.1, -0.05) is 28.1 Å². The van der Waals surface area contributed by atoms with Crippen molar-refractivity contribution in [2.24, 2.45) is 5.10 Å². The first kappa shape index (κ1) is 18.4. The predicted octanol–water partition coefficient (Wildman–Crippen LogP) is 2.44. The topological polar surface area (TPSA) is 111 Å². The van der Waals surface area contributed by atoms with Crippen LogP contribution in [0.1, 0.15) is 21.5 Å². The Bertz CT molecular complexity index is 832. The van der Waals surface area contributed by atoms with Crippen LogP contribution in [0.3, 0.4) is 0 Å². The highest BCUT2D eigenvalue weighted by Crippen LogP contribution is 2.19. The largest absolute Gasteiger partial charge is 0.508 e. The first-order chi connectivity index (χ1) is 12.0. The molecule has 0 aliphatic heterocycles. The van der Waals surface area contributed by atoms with E-state index in [1.807, 2.05) is 0 Å². The molecule has 0 atom stereocenters. The molecule has 128 valence electrons. The lowest BCUT2D eigenvalue weighted by atomic mass is 10.1. The number of hydroxylamine groups is 1. The van der Waals surface area contributed by atoms with Gasteiger partial charge in [0.2, 0.25) is 0 Å². The number of hydrazone groups is 1. The molecule has 2 amide bonds.